The fourth-order valence-electron chi connectivity index (χ4n) is 1.60. The summed E-state index contributed by atoms with van der Waals surface area (Å²) in [5.74, 6) is 0. The minimum Gasteiger partial charge on any atom is -0.393 e. The highest BCUT2D eigenvalue weighted by atomic mass is 79.9. The van der Waals surface area contributed by atoms with E-state index < -0.39 is 0 Å². The van der Waals surface area contributed by atoms with Gasteiger partial charge in [0.1, 0.15) is 0 Å². The molecule has 0 fully saturated rings. The first kappa shape index (κ1) is 12.7. The van der Waals surface area contributed by atoms with Gasteiger partial charge in [0.2, 0.25) is 0 Å². The van der Waals surface area contributed by atoms with Gasteiger partial charge in [0.05, 0.1) is 22.0 Å². The molecular formula is C11H19BrN2O. The third kappa shape index (κ3) is 3.05. The van der Waals surface area contributed by atoms with E-state index in [4.69, 9.17) is 0 Å². The molecule has 0 bridgehead atoms. The van der Waals surface area contributed by atoms with Crippen LogP contribution in [0.2, 0.25) is 0 Å². The van der Waals surface area contributed by atoms with Gasteiger partial charge in [0.25, 0.3) is 0 Å². The van der Waals surface area contributed by atoms with Gasteiger partial charge in [-0.15, -0.1) is 0 Å². The lowest BCUT2D eigenvalue weighted by molar-refractivity contribution is 0.160. The largest absolute Gasteiger partial charge is 0.393 e. The van der Waals surface area contributed by atoms with Crippen LogP contribution in [0.15, 0.2) is 4.47 Å². The Balaban J connectivity index is 2.72. The second kappa shape index (κ2) is 5.66. The molecule has 1 heterocycles. The Morgan fingerprint density at radius 3 is 2.60 bits per heavy atom. The summed E-state index contributed by atoms with van der Waals surface area (Å²) in [6, 6.07) is 0. The van der Waals surface area contributed by atoms with E-state index in [-0.39, 0.29) is 6.10 Å². The first-order chi connectivity index (χ1) is 7.10. The summed E-state index contributed by atoms with van der Waals surface area (Å²) in [5, 5.41) is 13.9. The van der Waals surface area contributed by atoms with Crippen molar-refractivity contribution in [2.75, 3.05) is 0 Å². The molecule has 1 N–H and O–H groups in total. The molecule has 0 aliphatic heterocycles. The lowest BCUT2D eigenvalue weighted by Crippen LogP contribution is -2.08. The van der Waals surface area contributed by atoms with Gasteiger partial charge >= 0.3 is 0 Å². The zero-order chi connectivity index (χ0) is 11.4. The second-order valence-corrected chi connectivity index (χ2v) is 4.58. The summed E-state index contributed by atoms with van der Waals surface area (Å²) in [6.45, 7) is 4.10. The maximum Gasteiger partial charge on any atom is 0.0766 e. The molecule has 0 aromatic carbocycles. The number of halogens is 1. The normalized spacial score (nSPS) is 13.1. The van der Waals surface area contributed by atoms with Crippen molar-refractivity contribution in [2.45, 2.75) is 45.6 Å². The Morgan fingerprint density at radius 1 is 1.47 bits per heavy atom. The Kier molecular flexibility index (Phi) is 4.80. The molecule has 1 aromatic rings. The summed E-state index contributed by atoms with van der Waals surface area (Å²) >= 11 is 3.57. The lowest BCUT2D eigenvalue weighted by Gasteiger charge is -2.07. The van der Waals surface area contributed by atoms with Crippen molar-refractivity contribution in [3.63, 3.8) is 0 Å². The molecule has 1 rings (SSSR count). The molecule has 0 aliphatic rings. The van der Waals surface area contributed by atoms with Crippen LogP contribution in [0, 0.1) is 0 Å². The zero-order valence-electron chi connectivity index (χ0n) is 9.63. The number of rotatable bonds is 5. The van der Waals surface area contributed by atoms with Crippen molar-refractivity contribution < 1.29 is 5.11 Å². The van der Waals surface area contributed by atoms with Crippen LogP contribution in [0.4, 0.5) is 0 Å². The van der Waals surface area contributed by atoms with Crippen molar-refractivity contribution in [3.05, 3.63) is 15.9 Å². The SMILES string of the molecule is CCc1nn(C)c(CCC(O)CC)c1Br. The van der Waals surface area contributed by atoms with E-state index in [0.717, 1.165) is 35.8 Å². The molecule has 1 aromatic heterocycles. The summed E-state index contributed by atoms with van der Waals surface area (Å²) in [6.07, 6.45) is 3.23. The highest BCUT2D eigenvalue weighted by molar-refractivity contribution is 9.10. The predicted octanol–water partition coefficient (Wildman–Crippen LogP) is 2.45. The molecule has 1 unspecified atom stereocenters. The molecular weight excluding hydrogens is 256 g/mol. The fourth-order valence-corrected chi connectivity index (χ4v) is 2.41. The van der Waals surface area contributed by atoms with Crippen LogP contribution in [0.5, 0.6) is 0 Å². The van der Waals surface area contributed by atoms with Crippen molar-refractivity contribution in [3.8, 4) is 0 Å². The molecule has 4 heteroatoms. The molecule has 3 nitrogen and oxygen atoms in total. The molecule has 15 heavy (non-hydrogen) atoms. The number of aromatic nitrogens is 2. The topological polar surface area (TPSA) is 38.0 Å². The van der Waals surface area contributed by atoms with Gasteiger partial charge in [-0.3, -0.25) is 4.68 Å². The predicted molar refractivity (Wildman–Crippen MR) is 64.9 cm³/mol. The van der Waals surface area contributed by atoms with Crippen LogP contribution < -0.4 is 0 Å². The van der Waals surface area contributed by atoms with Crippen LogP contribution in [0.1, 0.15) is 38.1 Å². The molecule has 0 saturated heterocycles. The van der Waals surface area contributed by atoms with Gasteiger partial charge in [-0.1, -0.05) is 13.8 Å². The molecule has 0 saturated carbocycles. The number of aliphatic hydroxyl groups excluding tert-OH is 1. The van der Waals surface area contributed by atoms with Gasteiger partial charge in [-0.2, -0.15) is 5.10 Å². The first-order valence-electron chi connectivity index (χ1n) is 5.48. The van der Waals surface area contributed by atoms with Gasteiger partial charge in [-0.25, -0.2) is 0 Å². The molecule has 0 amide bonds. The molecule has 0 radical (unpaired) electrons. The average molecular weight is 275 g/mol. The molecule has 0 aliphatic carbocycles. The average Bonchev–Trinajstić information content (AvgIpc) is 2.51. The van der Waals surface area contributed by atoms with Gasteiger partial charge in [-0.05, 0) is 41.6 Å². The van der Waals surface area contributed by atoms with E-state index in [1.807, 2.05) is 18.7 Å². The highest BCUT2D eigenvalue weighted by Gasteiger charge is 2.13. The van der Waals surface area contributed by atoms with E-state index in [1.165, 1.54) is 5.69 Å². The first-order valence-corrected chi connectivity index (χ1v) is 6.27. The maximum atomic E-state index is 9.52. The Labute approximate surface area is 99.6 Å². The molecule has 1 atom stereocenters. The van der Waals surface area contributed by atoms with E-state index in [1.54, 1.807) is 0 Å². The number of aryl methyl sites for hydroxylation is 2. The van der Waals surface area contributed by atoms with E-state index in [9.17, 15) is 5.11 Å². The highest BCUT2D eigenvalue weighted by Crippen LogP contribution is 2.23. The van der Waals surface area contributed by atoms with Gasteiger partial charge < -0.3 is 5.11 Å². The molecule has 0 spiro atoms. The lowest BCUT2D eigenvalue weighted by atomic mass is 10.1. The minimum absolute atomic E-state index is 0.197. The van der Waals surface area contributed by atoms with Crippen molar-refractivity contribution in [1.82, 2.24) is 9.78 Å². The summed E-state index contributed by atoms with van der Waals surface area (Å²) in [7, 11) is 1.96. The third-order valence-electron chi connectivity index (χ3n) is 2.69. The van der Waals surface area contributed by atoms with Crippen LogP contribution in [-0.4, -0.2) is 21.0 Å². The fraction of sp³-hybridized carbons (Fsp3) is 0.727. The smallest absolute Gasteiger partial charge is 0.0766 e. The van der Waals surface area contributed by atoms with Crippen LogP contribution in [-0.2, 0) is 19.9 Å². The van der Waals surface area contributed by atoms with Crippen molar-refractivity contribution >= 4 is 15.9 Å². The monoisotopic (exact) mass is 274 g/mol. The number of hydrogen-bond acceptors (Lipinski definition) is 2. The van der Waals surface area contributed by atoms with E-state index >= 15 is 0 Å². The summed E-state index contributed by atoms with van der Waals surface area (Å²) < 4.78 is 3.02. The number of hydrogen-bond donors (Lipinski definition) is 1. The zero-order valence-corrected chi connectivity index (χ0v) is 11.2. The molecule has 86 valence electrons. The van der Waals surface area contributed by atoms with Crippen LogP contribution in [0.25, 0.3) is 0 Å². The van der Waals surface area contributed by atoms with Crippen LogP contribution >= 0.6 is 15.9 Å². The second-order valence-electron chi connectivity index (χ2n) is 3.79. The minimum atomic E-state index is -0.197. The Bertz CT molecular complexity index is 323. The quantitative estimate of drug-likeness (QED) is 0.896. The van der Waals surface area contributed by atoms with Crippen molar-refractivity contribution in [1.29, 1.82) is 0 Å². The maximum absolute atomic E-state index is 9.52. The number of aliphatic hydroxyl groups is 1. The number of nitrogens with zero attached hydrogens (tertiary/aromatic N) is 2. The Hall–Kier alpha value is -0.350. The summed E-state index contributed by atoms with van der Waals surface area (Å²) in [4.78, 5) is 0. The van der Waals surface area contributed by atoms with E-state index in [0.29, 0.717) is 0 Å². The van der Waals surface area contributed by atoms with Gasteiger partial charge in [0.15, 0.2) is 0 Å². The van der Waals surface area contributed by atoms with Crippen molar-refractivity contribution in [2.24, 2.45) is 7.05 Å². The standard InChI is InChI=1S/C11H19BrN2O/c1-4-8(15)6-7-10-11(12)9(5-2)13-14(10)3/h8,15H,4-7H2,1-3H3. The summed E-state index contributed by atoms with van der Waals surface area (Å²) in [5.41, 5.74) is 2.28. The van der Waals surface area contributed by atoms with Crippen LogP contribution in [0.3, 0.4) is 0 Å². The van der Waals surface area contributed by atoms with E-state index in [2.05, 4.69) is 28.0 Å². The van der Waals surface area contributed by atoms with Gasteiger partial charge in [0, 0.05) is 7.05 Å². The third-order valence-corrected chi connectivity index (χ3v) is 3.60. The Morgan fingerprint density at radius 2 is 2.13 bits per heavy atom.